The number of hydrogen-bond donors (Lipinski definition) is 0. The predicted octanol–water partition coefficient (Wildman–Crippen LogP) is 4.17. The van der Waals surface area contributed by atoms with Gasteiger partial charge in [0.25, 0.3) is 0 Å². The van der Waals surface area contributed by atoms with E-state index in [9.17, 15) is 35.5 Å². The zero-order valence-corrected chi connectivity index (χ0v) is 12.8. The van der Waals surface area contributed by atoms with Crippen molar-refractivity contribution in [2.24, 2.45) is 0 Å². The lowest BCUT2D eigenvalue weighted by atomic mass is 10.0. The smallest absolute Gasteiger partial charge is 0.344 e. The van der Waals surface area contributed by atoms with Crippen LogP contribution in [0.25, 0.3) is 10.8 Å². The number of fused-ring (bicyclic) bond motifs is 1. The molecule has 0 aliphatic heterocycles. The normalized spacial score (nSPS) is 11.0. The molecule has 0 heterocycles. The van der Waals surface area contributed by atoms with Crippen LogP contribution in [0.3, 0.4) is 0 Å². The zero-order valence-electron chi connectivity index (χ0n) is 12.8. The summed E-state index contributed by atoms with van der Waals surface area (Å²) in [5.41, 5.74) is -1.72. The summed E-state index contributed by atoms with van der Waals surface area (Å²) >= 11 is 0. The molecule has 0 fully saturated rings. The first-order valence-electron chi connectivity index (χ1n) is 6.91. The van der Waals surface area contributed by atoms with Crippen LogP contribution in [-0.4, -0.2) is 25.8 Å². The van der Waals surface area contributed by atoms with Crippen LogP contribution in [0.4, 0.5) is 30.7 Å². The zero-order chi connectivity index (χ0) is 19.6. The van der Waals surface area contributed by atoms with E-state index in [-0.39, 0.29) is 13.2 Å². The molecule has 0 bridgehead atoms. The lowest BCUT2D eigenvalue weighted by Gasteiger charge is -2.12. The van der Waals surface area contributed by atoms with Crippen molar-refractivity contribution in [1.29, 1.82) is 0 Å². The van der Waals surface area contributed by atoms with Crippen LogP contribution in [-0.2, 0) is 9.47 Å². The standard InChI is InChI=1S/C16H9F7O3/c1-2-3-25-4-5-26-16(24)8-9(17)6-7(10(18)13(8)21)12(20)15(23)14(22)11(6)19/h2H,1,3-5H2. The highest BCUT2D eigenvalue weighted by Crippen LogP contribution is 2.34. The summed E-state index contributed by atoms with van der Waals surface area (Å²) in [5.74, 6) is -18.0. The third-order valence-corrected chi connectivity index (χ3v) is 3.24. The van der Waals surface area contributed by atoms with Gasteiger partial charge in [0.1, 0.15) is 12.2 Å². The van der Waals surface area contributed by atoms with E-state index < -0.39 is 69.6 Å². The van der Waals surface area contributed by atoms with Crippen molar-refractivity contribution in [3.05, 3.63) is 58.9 Å². The van der Waals surface area contributed by atoms with E-state index in [1.807, 2.05) is 0 Å². The maximum absolute atomic E-state index is 14.3. The number of esters is 1. The molecule has 10 heteroatoms. The number of carbonyl (C=O) groups is 1. The molecule has 0 N–H and O–H groups in total. The van der Waals surface area contributed by atoms with Crippen LogP contribution < -0.4 is 0 Å². The number of ether oxygens (including phenoxy) is 2. The molecular formula is C16H9F7O3. The topological polar surface area (TPSA) is 35.5 Å². The van der Waals surface area contributed by atoms with Crippen LogP contribution in [0.1, 0.15) is 10.4 Å². The van der Waals surface area contributed by atoms with Crippen LogP contribution in [0.15, 0.2) is 12.7 Å². The average Bonchev–Trinajstić information content (AvgIpc) is 2.61. The molecule has 2 aromatic carbocycles. The minimum atomic E-state index is -2.46. The fourth-order valence-corrected chi connectivity index (χ4v) is 2.10. The Kier molecular flexibility index (Phi) is 5.86. The van der Waals surface area contributed by atoms with Crippen molar-refractivity contribution in [3.8, 4) is 0 Å². The summed E-state index contributed by atoms with van der Waals surface area (Å²) in [5, 5.41) is -3.56. The first kappa shape index (κ1) is 19.7. The van der Waals surface area contributed by atoms with Crippen molar-refractivity contribution in [2.45, 2.75) is 0 Å². The Morgan fingerprint density at radius 3 is 1.81 bits per heavy atom. The third-order valence-electron chi connectivity index (χ3n) is 3.24. The van der Waals surface area contributed by atoms with Gasteiger partial charge >= 0.3 is 5.97 Å². The molecule has 0 saturated carbocycles. The van der Waals surface area contributed by atoms with Crippen LogP contribution in [0, 0.1) is 40.7 Å². The molecule has 0 atom stereocenters. The van der Waals surface area contributed by atoms with E-state index >= 15 is 0 Å². The maximum atomic E-state index is 14.3. The Balaban J connectivity index is 2.55. The highest BCUT2D eigenvalue weighted by Gasteiger charge is 2.33. The van der Waals surface area contributed by atoms with Gasteiger partial charge in [-0.1, -0.05) is 6.08 Å². The fourth-order valence-electron chi connectivity index (χ4n) is 2.10. The summed E-state index contributed by atoms with van der Waals surface area (Å²) in [4.78, 5) is 11.7. The van der Waals surface area contributed by atoms with Gasteiger partial charge in [-0.3, -0.25) is 0 Å². The van der Waals surface area contributed by atoms with Crippen molar-refractivity contribution in [1.82, 2.24) is 0 Å². The first-order chi connectivity index (χ1) is 12.2. The van der Waals surface area contributed by atoms with Gasteiger partial charge in [-0.15, -0.1) is 6.58 Å². The molecule has 0 unspecified atom stereocenters. The molecule has 0 radical (unpaired) electrons. The van der Waals surface area contributed by atoms with Gasteiger partial charge in [-0.2, -0.15) is 0 Å². The molecule has 26 heavy (non-hydrogen) atoms. The predicted molar refractivity (Wildman–Crippen MR) is 75.0 cm³/mol. The summed E-state index contributed by atoms with van der Waals surface area (Å²) < 4.78 is 105. The van der Waals surface area contributed by atoms with Crippen molar-refractivity contribution in [3.63, 3.8) is 0 Å². The molecule has 140 valence electrons. The largest absolute Gasteiger partial charge is 0.459 e. The Morgan fingerprint density at radius 2 is 1.27 bits per heavy atom. The van der Waals surface area contributed by atoms with E-state index in [4.69, 9.17) is 4.74 Å². The van der Waals surface area contributed by atoms with Gasteiger partial charge in [0.2, 0.25) is 0 Å². The van der Waals surface area contributed by atoms with Crippen LogP contribution >= 0.6 is 0 Å². The van der Waals surface area contributed by atoms with Crippen molar-refractivity contribution < 1.29 is 45.0 Å². The van der Waals surface area contributed by atoms with Gasteiger partial charge in [0, 0.05) is 0 Å². The van der Waals surface area contributed by atoms with Crippen LogP contribution in [0.5, 0.6) is 0 Å². The van der Waals surface area contributed by atoms with E-state index in [2.05, 4.69) is 11.3 Å². The number of benzene rings is 2. The molecule has 2 aromatic rings. The van der Waals surface area contributed by atoms with Gasteiger partial charge in [-0.05, 0) is 0 Å². The molecular weight excluding hydrogens is 373 g/mol. The Bertz CT molecular complexity index is 896. The molecule has 3 nitrogen and oxygen atoms in total. The molecule has 0 aliphatic rings. The summed E-state index contributed by atoms with van der Waals surface area (Å²) in [7, 11) is 0. The van der Waals surface area contributed by atoms with E-state index in [0.717, 1.165) is 0 Å². The fraction of sp³-hybridized carbons (Fsp3) is 0.188. The average molecular weight is 382 g/mol. The summed E-state index contributed by atoms with van der Waals surface area (Å²) in [6, 6.07) is 0. The Hall–Kier alpha value is -2.62. The van der Waals surface area contributed by atoms with E-state index in [0.29, 0.717) is 0 Å². The second-order valence-corrected chi connectivity index (χ2v) is 4.82. The molecule has 0 amide bonds. The second kappa shape index (κ2) is 7.73. The number of carbonyl (C=O) groups excluding carboxylic acids is 1. The Labute approximate surface area is 141 Å². The van der Waals surface area contributed by atoms with Crippen LogP contribution in [0.2, 0.25) is 0 Å². The lowest BCUT2D eigenvalue weighted by molar-refractivity contribution is 0.0343. The highest BCUT2D eigenvalue weighted by molar-refractivity contribution is 5.97. The van der Waals surface area contributed by atoms with Gasteiger partial charge in [0.05, 0.1) is 24.0 Å². The second-order valence-electron chi connectivity index (χ2n) is 4.82. The van der Waals surface area contributed by atoms with Crippen molar-refractivity contribution in [2.75, 3.05) is 19.8 Å². The SMILES string of the molecule is C=CCOCCOC(=O)c1c(F)c(F)c2c(F)c(F)c(F)c(F)c2c1F. The monoisotopic (exact) mass is 382 g/mol. The quantitative estimate of drug-likeness (QED) is 0.188. The van der Waals surface area contributed by atoms with Gasteiger partial charge in [-0.25, -0.2) is 35.5 Å². The number of rotatable bonds is 6. The summed E-state index contributed by atoms with van der Waals surface area (Å²) in [6.07, 6.45) is 1.37. The lowest BCUT2D eigenvalue weighted by Crippen LogP contribution is -2.16. The summed E-state index contributed by atoms with van der Waals surface area (Å²) in [6.45, 7) is 2.70. The van der Waals surface area contributed by atoms with Gasteiger partial charge < -0.3 is 9.47 Å². The highest BCUT2D eigenvalue weighted by atomic mass is 19.2. The number of hydrogen-bond acceptors (Lipinski definition) is 3. The minimum absolute atomic E-state index is 0.0835. The minimum Gasteiger partial charge on any atom is -0.459 e. The molecule has 0 saturated heterocycles. The third kappa shape index (κ3) is 3.24. The molecule has 0 aromatic heterocycles. The van der Waals surface area contributed by atoms with Crippen molar-refractivity contribution >= 4 is 16.7 Å². The number of halogens is 7. The Morgan fingerprint density at radius 1 is 0.769 bits per heavy atom. The molecule has 0 aliphatic carbocycles. The van der Waals surface area contributed by atoms with Gasteiger partial charge in [0.15, 0.2) is 40.7 Å². The van der Waals surface area contributed by atoms with E-state index in [1.54, 1.807) is 0 Å². The van der Waals surface area contributed by atoms with E-state index in [1.165, 1.54) is 6.08 Å². The molecule has 0 spiro atoms. The first-order valence-corrected chi connectivity index (χ1v) is 6.91. The molecule has 2 rings (SSSR count). The maximum Gasteiger partial charge on any atom is 0.344 e.